The van der Waals surface area contributed by atoms with Crippen LogP contribution in [-0.2, 0) is 0 Å². The van der Waals surface area contributed by atoms with Crippen LogP contribution in [0, 0.1) is 0 Å². The summed E-state index contributed by atoms with van der Waals surface area (Å²) in [6.45, 7) is 0. The van der Waals surface area contributed by atoms with Crippen molar-refractivity contribution in [3.8, 4) is 0 Å². The maximum atomic E-state index is 12.5. The Kier molecular flexibility index (Phi) is 4.29. The Bertz CT molecular complexity index is 785. The second-order valence-electron chi connectivity index (χ2n) is 5.01. The highest BCUT2D eigenvalue weighted by Gasteiger charge is 2.18. The zero-order chi connectivity index (χ0) is 16.1. The number of nitrogens with one attached hydrogen (secondary N) is 2. The van der Waals surface area contributed by atoms with Crippen LogP contribution in [0.4, 0.5) is 0 Å². The van der Waals surface area contributed by atoms with E-state index in [0.29, 0.717) is 5.56 Å². The fourth-order valence-corrected chi connectivity index (χ4v) is 2.29. The summed E-state index contributed by atoms with van der Waals surface area (Å²) in [5, 5.41) is 2.96. The lowest BCUT2D eigenvalue weighted by Gasteiger charge is -2.18. The number of hydrogen-bond acceptors (Lipinski definition) is 3. The number of aromatic amines is 1. The number of amides is 1. The van der Waals surface area contributed by atoms with Crippen molar-refractivity contribution in [3.05, 3.63) is 100 Å². The van der Waals surface area contributed by atoms with Gasteiger partial charge in [-0.2, -0.15) is 0 Å². The normalized spacial score (nSPS) is 11.7. The molecule has 2 N–H and O–H groups in total. The number of nitrogens with zero attached hydrogens (tertiary/aromatic N) is 1. The Labute approximate surface area is 133 Å². The molecule has 0 spiro atoms. The molecule has 1 atom stereocenters. The molecular formula is C18H15N3O2. The van der Waals surface area contributed by atoms with E-state index in [9.17, 15) is 9.59 Å². The van der Waals surface area contributed by atoms with Gasteiger partial charge in [-0.25, -0.2) is 0 Å². The Morgan fingerprint density at radius 3 is 2.43 bits per heavy atom. The zero-order valence-electron chi connectivity index (χ0n) is 12.3. The van der Waals surface area contributed by atoms with E-state index in [0.717, 1.165) is 11.3 Å². The van der Waals surface area contributed by atoms with E-state index in [1.807, 2.05) is 48.5 Å². The lowest BCUT2D eigenvalue weighted by Crippen LogP contribution is -2.30. The predicted octanol–water partition coefficient (Wildman–Crippen LogP) is 2.29. The summed E-state index contributed by atoms with van der Waals surface area (Å²) in [7, 11) is 0. The Hall–Kier alpha value is -3.21. The molecule has 3 rings (SSSR count). The van der Waals surface area contributed by atoms with E-state index >= 15 is 0 Å². The minimum absolute atomic E-state index is 0.245. The van der Waals surface area contributed by atoms with Gasteiger partial charge in [0.15, 0.2) is 0 Å². The quantitative estimate of drug-likeness (QED) is 0.776. The van der Waals surface area contributed by atoms with Crippen LogP contribution in [0.1, 0.15) is 27.7 Å². The molecule has 1 aromatic carbocycles. The lowest BCUT2D eigenvalue weighted by molar-refractivity contribution is 0.0942. The topological polar surface area (TPSA) is 74.8 Å². The van der Waals surface area contributed by atoms with Gasteiger partial charge in [-0.3, -0.25) is 14.6 Å². The van der Waals surface area contributed by atoms with Gasteiger partial charge in [-0.1, -0.05) is 36.4 Å². The van der Waals surface area contributed by atoms with Crippen LogP contribution in [-0.4, -0.2) is 15.9 Å². The fraction of sp³-hybridized carbons (Fsp3) is 0.0556. The highest BCUT2D eigenvalue weighted by atomic mass is 16.2. The number of rotatable bonds is 4. The third-order valence-corrected chi connectivity index (χ3v) is 3.44. The summed E-state index contributed by atoms with van der Waals surface area (Å²) < 4.78 is 0. The molecule has 2 aromatic heterocycles. The highest BCUT2D eigenvalue weighted by molar-refractivity contribution is 5.94. The summed E-state index contributed by atoms with van der Waals surface area (Å²) in [6.07, 6.45) is 3.09. The molecule has 2 heterocycles. The van der Waals surface area contributed by atoms with Gasteiger partial charge in [0.1, 0.15) is 0 Å². The van der Waals surface area contributed by atoms with Gasteiger partial charge in [0.2, 0.25) is 5.56 Å². The zero-order valence-corrected chi connectivity index (χ0v) is 12.3. The molecule has 1 amide bonds. The van der Waals surface area contributed by atoms with Crippen molar-refractivity contribution in [2.24, 2.45) is 0 Å². The van der Waals surface area contributed by atoms with E-state index in [-0.39, 0.29) is 17.5 Å². The molecule has 5 nitrogen and oxygen atoms in total. The monoisotopic (exact) mass is 305 g/mol. The summed E-state index contributed by atoms with van der Waals surface area (Å²) in [5.41, 5.74) is 1.83. The largest absolute Gasteiger partial charge is 0.339 e. The number of benzene rings is 1. The first-order valence-electron chi connectivity index (χ1n) is 7.19. The summed E-state index contributed by atoms with van der Waals surface area (Å²) in [5.74, 6) is -0.277. The smallest absolute Gasteiger partial charge is 0.253 e. The van der Waals surface area contributed by atoms with Gasteiger partial charge in [0.25, 0.3) is 5.91 Å². The van der Waals surface area contributed by atoms with Crippen LogP contribution in [0.5, 0.6) is 0 Å². The lowest BCUT2D eigenvalue weighted by atomic mass is 10.0. The third kappa shape index (κ3) is 3.52. The predicted molar refractivity (Wildman–Crippen MR) is 87.1 cm³/mol. The molecule has 0 aliphatic heterocycles. The first-order chi connectivity index (χ1) is 11.2. The number of pyridine rings is 2. The van der Waals surface area contributed by atoms with Crippen LogP contribution in [0.3, 0.4) is 0 Å². The molecule has 3 aromatic rings. The van der Waals surface area contributed by atoms with Crippen molar-refractivity contribution in [1.82, 2.24) is 15.3 Å². The van der Waals surface area contributed by atoms with Crippen molar-refractivity contribution < 1.29 is 4.79 Å². The Morgan fingerprint density at radius 2 is 1.78 bits per heavy atom. The van der Waals surface area contributed by atoms with E-state index in [1.54, 1.807) is 6.20 Å². The number of hydrogen-bond donors (Lipinski definition) is 2. The van der Waals surface area contributed by atoms with Crippen LogP contribution in [0.2, 0.25) is 0 Å². The number of carbonyl (C=O) groups excluding carboxylic acids is 1. The molecule has 0 fully saturated rings. The van der Waals surface area contributed by atoms with E-state index in [4.69, 9.17) is 0 Å². The SMILES string of the molecule is O=C(N[C@H](c1ccccc1)c1ccccn1)c1ccc(=O)[nH]c1. The van der Waals surface area contributed by atoms with Crippen LogP contribution < -0.4 is 10.9 Å². The fourth-order valence-electron chi connectivity index (χ4n) is 2.29. The number of aromatic nitrogens is 2. The van der Waals surface area contributed by atoms with Crippen LogP contribution in [0.15, 0.2) is 77.9 Å². The van der Waals surface area contributed by atoms with E-state index in [1.165, 1.54) is 18.3 Å². The standard InChI is InChI=1S/C18H15N3O2/c22-16-10-9-14(12-20-16)18(23)21-17(13-6-2-1-3-7-13)15-8-4-5-11-19-15/h1-12,17H,(H,20,22)(H,21,23)/t17-/m1/s1. The molecule has 0 radical (unpaired) electrons. The van der Waals surface area contributed by atoms with Crippen molar-refractivity contribution in [2.45, 2.75) is 6.04 Å². The maximum Gasteiger partial charge on any atom is 0.253 e. The van der Waals surface area contributed by atoms with Gasteiger partial charge < -0.3 is 10.3 Å². The minimum atomic E-state index is -0.364. The Morgan fingerprint density at radius 1 is 1.00 bits per heavy atom. The molecular weight excluding hydrogens is 290 g/mol. The first-order valence-corrected chi connectivity index (χ1v) is 7.19. The molecule has 114 valence electrons. The molecule has 0 unspecified atom stereocenters. The molecule has 0 saturated heterocycles. The maximum absolute atomic E-state index is 12.5. The summed E-state index contributed by atoms with van der Waals surface area (Å²) in [6, 6.07) is 17.7. The molecule has 23 heavy (non-hydrogen) atoms. The van der Waals surface area contributed by atoms with Crippen LogP contribution in [0.25, 0.3) is 0 Å². The molecule has 0 bridgehead atoms. The molecule has 0 aliphatic carbocycles. The second-order valence-corrected chi connectivity index (χ2v) is 5.01. The first kappa shape index (κ1) is 14.7. The average Bonchev–Trinajstić information content (AvgIpc) is 2.61. The highest BCUT2D eigenvalue weighted by Crippen LogP contribution is 2.20. The third-order valence-electron chi connectivity index (χ3n) is 3.44. The summed E-state index contributed by atoms with van der Waals surface area (Å²) in [4.78, 5) is 30.4. The Balaban J connectivity index is 1.92. The van der Waals surface area contributed by atoms with Gasteiger partial charge in [-0.15, -0.1) is 0 Å². The van der Waals surface area contributed by atoms with Crippen molar-refractivity contribution in [2.75, 3.05) is 0 Å². The van der Waals surface area contributed by atoms with Gasteiger partial charge >= 0.3 is 0 Å². The van der Waals surface area contributed by atoms with Gasteiger partial charge in [-0.05, 0) is 23.8 Å². The van der Waals surface area contributed by atoms with Crippen molar-refractivity contribution in [3.63, 3.8) is 0 Å². The van der Waals surface area contributed by atoms with Crippen LogP contribution >= 0.6 is 0 Å². The van der Waals surface area contributed by atoms with Crippen molar-refractivity contribution in [1.29, 1.82) is 0 Å². The molecule has 0 aliphatic rings. The minimum Gasteiger partial charge on any atom is -0.339 e. The van der Waals surface area contributed by atoms with Crippen molar-refractivity contribution >= 4 is 5.91 Å². The number of H-pyrrole nitrogens is 1. The second kappa shape index (κ2) is 6.70. The summed E-state index contributed by atoms with van der Waals surface area (Å²) >= 11 is 0. The van der Waals surface area contributed by atoms with E-state index < -0.39 is 0 Å². The van der Waals surface area contributed by atoms with Gasteiger partial charge in [0.05, 0.1) is 17.3 Å². The molecule has 5 heteroatoms. The van der Waals surface area contributed by atoms with Gasteiger partial charge in [0, 0.05) is 18.5 Å². The average molecular weight is 305 g/mol. The number of carbonyl (C=O) groups is 1. The molecule has 0 saturated carbocycles. The van der Waals surface area contributed by atoms with E-state index in [2.05, 4.69) is 15.3 Å².